The number of amides is 1. The lowest BCUT2D eigenvalue weighted by Gasteiger charge is -2.43. The van der Waals surface area contributed by atoms with Crippen LogP contribution in [0.15, 0.2) is 0 Å². The summed E-state index contributed by atoms with van der Waals surface area (Å²) in [5.74, 6) is -0.774. The molecule has 1 aliphatic rings. The van der Waals surface area contributed by atoms with E-state index in [9.17, 15) is 9.59 Å². The van der Waals surface area contributed by atoms with Crippen molar-refractivity contribution in [3.8, 4) is 0 Å². The van der Waals surface area contributed by atoms with E-state index in [1.165, 1.54) is 6.92 Å². The Hall–Kier alpha value is -1.10. The number of carbonyl (C=O) groups excluding carboxylic acids is 1. The summed E-state index contributed by atoms with van der Waals surface area (Å²) in [6, 6.07) is 0.208. The molecule has 0 aromatic heterocycles. The van der Waals surface area contributed by atoms with Crippen LogP contribution in [0.2, 0.25) is 0 Å². The second-order valence-corrected chi connectivity index (χ2v) is 3.39. The number of carboxylic acids is 1. The molecule has 1 heterocycles. The molecule has 0 radical (unpaired) electrons. The summed E-state index contributed by atoms with van der Waals surface area (Å²) in [6.45, 7) is 2.86. The van der Waals surface area contributed by atoms with Gasteiger partial charge in [-0.05, 0) is 7.05 Å². The van der Waals surface area contributed by atoms with Crippen LogP contribution in [0.5, 0.6) is 0 Å². The molecule has 1 fully saturated rings. The van der Waals surface area contributed by atoms with Crippen molar-refractivity contribution >= 4 is 11.9 Å². The minimum atomic E-state index is -0.830. The molecule has 0 saturated carbocycles. The van der Waals surface area contributed by atoms with Gasteiger partial charge in [0.15, 0.2) is 0 Å². The molecule has 0 spiro atoms. The number of likely N-dealkylation sites (tertiary alicyclic amines) is 1. The van der Waals surface area contributed by atoms with Gasteiger partial charge in [0.1, 0.15) is 0 Å². The van der Waals surface area contributed by atoms with E-state index in [-0.39, 0.29) is 18.5 Å². The third kappa shape index (κ3) is 2.42. The topological polar surface area (TPSA) is 60.9 Å². The van der Waals surface area contributed by atoms with Crippen molar-refractivity contribution < 1.29 is 14.7 Å². The Bertz CT molecular complexity index is 223. The zero-order chi connectivity index (χ0) is 10.0. The van der Waals surface area contributed by atoms with Crippen LogP contribution >= 0.6 is 0 Å². The fourth-order valence-corrected chi connectivity index (χ4v) is 1.33. The quantitative estimate of drug-likeness (QED) is 0.629. The van der Waals surface area contributed by atoms with E-state index >= 15 is 0 Å². The Morgan fingerprint density at radius 1 is 1.54 bits per heavy atom. The first kappa shape index (κ1) is 9.98. The van der Waals surface area contributed by atoms with Crippen LogP contribution in [0.3, 0.4) is 0 Å². The van der Waals surface area contributed by atoms with Gasteiger partial charge in [-0.15, -0.1) is 0 Å². The molecule has 13 heavy (non-hydrogen) atoms. The van der Waals surface area contributed by atoms with Gasteiger partial charge in [-0.25, -0.2) is 0 Å². The second-order valence-electron chi connectivity index (χ2n) is 3.39. The number of hydrogen-bond acceptors (Lipinski definition) is 3. The molecule has 1 saturated heterocycles. The summed E-state index contributed by atoms with van der Waals surface area (Å²) in [5, 5.41) is 8.51. The first-order valence-electron chi connectivity index (χ1n) is 4.18. The van der Waals surface area contributed by atoms with Crippen LogP contribution in [0.1, 0.15) is 6.92 Å². The average Bonchev–Trinajstić information content (AvgIpc) is 1.79. The molecule has 0 unspecified atom stereocenters. The highest BCUT2D eigenvalue weighted by Gasteiger charge is 2.31. The molecule has 1 amide bonds. The van der Waals surface area contributed by atoms with Crippen LogP contribution in [0, 0.1) is 0 Å². The van der Waals surface area contributed by atoms with Crippen molar-refractivity contribution in [2.24, 2.45) is 0 Å². The molecule has 0 aromatic carbocycles. The van der Waals surface area contributed by atoms with Gasteiger partial charge in [0, 0.05) is 26.1 Å². The van der Waals surface area contributed by atoms with Gasteiger partial charge in [-0.3, -0.25) is 14.5 Å². The Labute approximate surface area is 76.9 Å². The lowest BCUT2D eigenvalue weighted by atomic mass is 10.1. The maximum absolute atomic E-state index is 10.8. The van der Waals surface area contributed by atoms with Crippen LogP contribution < -0.4 is 0 Å². The molecule has 5 nitrogen and oxygen atoms in total. The lowest BCUT2D eigenvalue weighted by molar-refractivity contribution is -0.141. The summed E-state index contributed by atoms with van der Waals surface area (Å²) >= 11 is 0. The van der Waals surface area contributed by atoms with Gasteiger partial charge in [0.25, 0.3) is 0 Å². The predicted molar refractivity (Wildman–Crippen MR) is 46.3 cm³/mol. The number of likely N-dealkylation sites (N-methyl/N-ethyl adjacent to an activating group) is 1. The molecular formula is C8H14N2O3. The minimum absolute atomic E-state index is 0.0381. The number of carboxylic acid groups (broad SMARTS) is 1. The van der Waals surface area contributed by atoms with Crippen LogP contribution in [0.25, 0.3) is 0 Å². The monoisotopic (exact) mass is 186 g/mol. The van der Waals surface area contributed by atoms with Gasteiger partial charge >= 0.3 is 5.97 Å². The van der Waals surface area contributed by atoms with Crippen molar-refractivity contribution in [2.45, 2.75) is 13.0 Å². The van der Waals surface area contributed by atoms with E-state index in [1.807, 2.05) is 0 Å². The highest BCUT2D eigenvalue weighted by Crippen LogP contribution is 2.12. The van der Waals surface area contributed by atoms with E-state index in [0.717, 1.165) is 0 Å². The second kappa shape index (κ2) is 3.74. The fraction of sp³-hybridized carbons (Fsp3) is 0.750. The van der Waals surface area contributed by atoms with Crippen LogP contribution in [-0.4, -0.2) is 59.5 Å². The zero-order valence-corrected chi connectivity index (χ0v) is 7.86. The van der Waals surface area contributed by atoms with Gasteiger partial charge < -0.3 is 10.0 Å². The Kier molecular flexibility index (Phi) is 2.87. The average molecular weight is 186 g/mol. The van der Waals surface area contributed by atoms with E-state index in [4.69, 9.17) is 5.11 Å². The summed E-state index contributed by atoms with van der Waals surface area (Å²) in [5.41, 5.74) is 0. The number of hydrogen-bond donors (Lipinski definition) is 1. The van der Waals surface area contributed by atoms with E-state index in [1.54, 1.807) is 16.8 Å². The van der Waals surface area contributed by atoms with Crippen molar-refractivity contribution in [2.75, 3.05) is 26.7 Å². The zero-order valence-electron chi connectivity index (χ0n) is 7.86. The largest absolute Gasteiger partial charge is 0.480 e. The summed E-state index contributed by atoms with van der Waals surface area (Å²) in [6.07, 6.45) is 0. The molecule has 74 valence electrons. The molecule has 1 N–H and O–H groups in total. The maximum atomic E-state index is 10.8. The standard InChI is InChI=1S/C8H14N2O3/c1-6(11)10-3-7(4-10)9(2)5-8(12)13/h7H,3-5H2,1-2H3,(H,12,13). The summed E-state index contributed by atoms with van der Waals surface area (Å²) < 4.78 is 0. The highest BCUT2D eigenvalue weighted by atomic mass is 16.4. The molecule has 0 bridgehead atoms. The van der Waals surface area contributed by atoms with Gasteiger partial charge in [-0.2, -0.15) is 0 Å². The number of rotatable bonds is 3. The lowest BCUT2D eigenvalue weighted by Crippen LogP contribution is -2.60. The van der Waals surface area contributed by atoms with E-state index in [2.05, 4.69) is 0 Å². The van der Waals surface area contributed by atoms with E-state index < -0.39 is 5.97 Å². The number of nitrogens with zero attached hydrogens (tertiary/aromatic N) is 2. The Morgan fingerprint density at radius 2 is 2.08 bits per heavy atom. The van der Waals surface area contributed by atoms with Crippen LogP contribution in [0.4, 0.5) is 0 Å². The Balaban J connectivity index is 2.26. The van der Waals surface area contributed by atoms with E-state index in [0.29, 0.717) is 13.1 Å². The van der Waals surface area contributed by atoms with Crippen molar-refractivity contribution in [1.82, 2.24) is 9.80 Å². The highest BCUT2D eigenvalue weighted by molar-refractivity contribution is 5.74. The Morgan fingerprint density at radius 3 is 2.46 bits per heavy atom. The minimum Gasteiger partial charge on any atom is -0.480 e. The fourth-order valence-electron chi connectivity index (χ4n) is 1.33. The molecule has 0 aromatic rings. The number of aliphatic carboxylic acids is 1. The summed E-state index contributed by atoms with van der Waals surface area (Å²) in [7, 11) is 1.76. The summed E-state index contributed by atoms with van der Waals surface area (Å²) in [4.78, 5) is 24.6. The number of carbonyl (C=O) groups is 2. The molecule has 1 rings (SSSR count). The van der Waals surface area contributed by atoms with Crippen LogP contribution in [-0.2, 0) is 9.59 Å². The van der Waals surface area contributed by atoms with Gasteiger partial charge in [0.05, 0.1) is 6.54 Å². The normalized spacial score (nSPS) is 17.3. The van der Waals surface area contributed by atoms with Gasteiger partial charge in [-0.1, -0.05) is 0 Å². The molecular weight excluding hydrogens is 172 g/mol. The van der Waals surface area contributed by atoms with Crippen molar-refractivity contribution in [1.29, 1.82) is 0 Å². The molecule has 1 aliphatic heterocycles. The predicted octanol–water partition coefficient (Wildman–Crippen LogP) is -0.766. The maximum Gasteiger partial charge on any atom is 0.317 e. The third-order valence-electron chi connectivity index (χ3n) is 2.32. The molecule has 5 heteroatoms. The molecule has 0 atom stereocenters. The first-order chi connectivity index (χ1) is 6.00. The smallest absolute Gasteiger partial charge is 0.317 e. The third-order valence-corrected chi connectivity index (χ3v) is 2.32. The van der Waals surface area contributed by atoms with Crippen molar-refractivity contribution in [3.63, 3.8) is 0 Å². The SMILES string of the molecule is CC(=O)N1CC(N(C)CC(=O)O)C1. The van der Waals surface area contributed by atoms with Gasteiger partial charge in [0.2, 0.25) is 5.91 Å². The molecule has 0 aliphatic carbocycles. The first-order valence-corrected chi connectivity index (χ1v) is 4.18. The van der Waals surface area contributed by atoms with Crippen molar-refractivity contribution in [3.05, 3.63) is 0 Å².